The van der Waals surface area contributed by atoms with Gasteiger partial charge in [-0.05, 0) is 18.4 Å². The number of nitrogens with one attached hydrogen (secondary N) is 1. The third-order valence-corrected chi connectivity index (χ3v) is 4.91. The van der Waals surface area contributed by atoms with Gasteiger partial charge >= 0.3 is 5.69 Å². The quantitative estimate of drug-likeness (QED) is 0.772. The first-order chi connectivity index (χ1) is 12.6. The lowest BCUT2D eigenvalue weighted by Crippen LogP contribution is -2.36. The second-order valence-electron chi connectivity index (χ2n) is 6.68. The molecule has 26 heavy (non-hydrogen) atoms. The molecule has 1 aliphatic heterocycles. The van der Waals surface area contributed by atoms with Gasteiger partial charge in [-0.15, -0.1) is 0 Å². The maximum absolute atomic E-state index is 12.9. The molecule has 2 aromatic heterocycles. The zero-order chi connectivity index (χ0) is 18.3. The molecule has 0 bridgehead atoms. The molecular formula is C19H20N4O3. The summed E-state index contributed by atoms with van der Waals surface area (Å²) >= 11 is 0. The number of carbonyl (C=O) groups is 1. The average Bonchev–Trinajstić information content (AvgIpc) is 3.27. The van der Waals surface area contributed by atoms with Gasteiger partial charge in [0.25, 0.3) is 11.5 Å². The molecule has 0 saturated carbocycles. The van der Waals surface area contributed by atoms with Crippen LogP contribution in [0.5, 0.6) is 0 Å². The highest BCUT2D eigenvalue weighted by Gasteiger charge is 2.25. The van der Waals surface area contributed by atoms with Gasteiger partial charge in [-0.2, -0.15) is 0 Å². The third kappa shape index (κ3) is 2.65. The van der Waals surface area contributed by atoms with E-state index < -0.39 is 11.2 Å². The van der Waals surface area contributed by atoms with Gasteiger partial charge in [-0.3, -0.25) is 14.2 Å². The lowest BCUT2D eigenvalue weighted by molar-refractivity contribution is 0.0794. The number of hydrogen-bond acceptors (Lipinski definition) is 3. The Kier molecular flexibility index (Phi) is 3.99. The number of rotatable bonds is 3. The molecule has 0 spiro atoms. The van der Waals surface area contributed by atoms with Gasteiger partial charge in [0.15, 0.2) is 0 Å². The molecule has 7 heteroatoms. The van der Waals surface area contributed by atoms with Crippen LogP contribution < -0.4 is 11.2 Å². The summed E-state index contributed by atoms with van der Waals surface area (Å²) in [6.07, 6.45) is 3.60. The van der Waals surface area contributed by atoms with E-state index in [1.807, 2.05) is 30.3 Å². The van der Waals surface area contributed by atoms with Crippen LogP contribution in [0.15, 0.2) is 46.1 Å². The van der Waals surface area contributed by atoms with Crippen molar-refractivity contribution in [3.05, 3.63) is 68.5 Å². The molecule has 1 aliphatic rings. The van der Waals surface area contributed by atoms with Crippen molar-refractivity contribution >= 4 is 16.9 Å². The normalized spacial score (nSPS) is 14.3. The number of amides is 1. The first-order valence-electron chi connectivity index (χ1n) is 8.71. The third-order valence-electron chi connectivity index (χ3n) is 4.91. The predicted molar refractivity (Wildman–Crippen MR) is 98.5 cm³/mol. The van der Waals surface area contributed by atoms with Crippen molar-refractivity contribution in [3.8, 4) is 0 Å². The molecule has 0 unspecified atom stereocenters. The molecule has 3 aromatic rings. The largest absolute Gasteiger partial charge is 0.344 e. The number of aryl methyl sites for hydroxylation is 1. The second-order valence-corrected chi connectivity index (χ2v) is 6.68. The maximum Gasteiger partial charge on any atom is 0.329 e. The number of carbonyl (C=O) groups excluding carboxylic acids is 1. The van der Waals surface area contributed by atoms with E-state index in [-0.39, 0.29) is 12.5 Å². The van der Waals surface area contributed by atoms with Gasteiger partial charge in [-0.1, -0.05) is 30.3 Å². The number of hydrogen-bond donors (Lipinski definition) is 1. The molecule has 0 aliphatic carbocycles. The number of H-pyrrole nitrogens is 1. The highest BCUT2D eigenvalue weighted by Crippen LogP contribution is 2.19. The highest BCUT2D eigenvalue weighted by molar-refractivity contribution is 6.05. The van der Waals surface area contributed by atoms with Crippen LogP contribution in [0.1, 0.15) is 28.8 Å². The van der Waals surface area contributed by atoms with E-state index in [2.05, 4.69) is 4.98 Å². The summed E-state index contributed by atoms with van der Waals surface area (Å²) in [6.45, 7) is 1.61. The van der Waals surface area contributed by atoms with E-state index >= 15 is 0 Å². The van der Waals surface area contributed by atoms with Crippen molar-refractivity contribution in [1.82, 2.24) is 19.0 Å². The predicted octanol–water partition coefficient (Wildman–Crippen LogP) is 1.31. The van der Waals surface area contributed by atoms with Gasteiger partial charge in [-0.25, -0.2) is 4.79 Å². The van der Waals surface area contributed by atoms with Gasteiger partial charge in [0.05, 0.1) is 17.6 Å². The lowest BCUT2D eigenvalue weighted by atomic mass is 10.2. The fourth-order valence-electron chi connectivity index (χ4n) is 3.57. The highest BCUT2D eigenvalue weighted by atomic mass is 16.2. The Bertz CT molecular complexity index is 1090. The smallest absolute Gasteiger partial charge is 0.329 e. The number of likely N-dealkylation sites (tertiary alicyclic amines) is 1. The fraction of sp³-hybridized carbons (Fsp3) is 0.316. The Balaban J connectivity index is 1.84. The Morgan fingerprint density at radius 2 is 1.81 bits per heavy atom. The van der Waals surface area contributed by atoms with Crippen LogP contribution in [0.3, 0.4) is 0 Å². The van der Waals surface area contributed by atoms with Crippen LogP contribution in [-0.4, -0.2) is 38.0 Å². The molecule has 1 fully saturated rings. The number of aromatic amines is 1. The van der Waals surface area contributed by atoms with Crippen LogP contribution in [0.25, 0.3) is 11.0 Å². The molecule has 134 valence electrons. The molecule has 1 N–H and O–H groups in total. The Hall–Kier alpha value is -3.09. The van der Waals surface area contributed by atoms with E-state index in [1.165, 1.54) is 4.57 Å². The van der Waals surface area contributed by atoms with Crippen LogP contribution in [0.2, 0.25) is 0 Å². The first-order valence-corrected chi connectivity index (χ1v) is 8.71. The van der Waals surface area contributed by atoms with Gasteiger partial charge < -0.3 is 14.5 Å². The van der Waals surface area contributed by atoms with Crippen LogP contribution in [-0.2, 0) is 13.6 Å². The zero-order valence-electron chi connectivity index (χ0n) is 14.6. The van der Waals surface area contributed by atoms with Crippen LogP contribution in [0.4, 0.5) is 0 Å². The van der Waals surface area contributed by atoms with Crippen LogP contribution >= 0.6 is 0 Å². The number of nitrogens with zero attached hydrogens (tertiary/aromatic N) is 3. The first kappa shape index (κ1) is 16.4. The Morgan fingerprint density at radius 3 is 2.50 bits per heavy atom. The topological polar surface area (TPSA) is 80.1 Å². The molecular weight excluding hydrogens is 332 g/mol. The van der Waals surface area contributed by atoms with Gasteiger partial charge in [0.1, 0.15) is 5.52 Å². The summed E-state index contributed by atoms with van der Waals surface area (Å²) in [5.74, 6) is -0.135. The zero-order valence-corrected chi connectivity index (χ0v) is 14.6. The van der Waals surface area contributed by atoms with Crippen molar-refractivity contribution < 1.29 is 4.79 Å². The fourth-order valence-corrected chi connectivity index (χ4v) is 3.57. The van der Waals surface area contributed by atoms with Gasteiger partial charge in [0, 0.05) is 26.3 Å². The molecule has 7 nitrogen and oxygen atoms in total. The SMILES string of the molecule is Cn1cc(C(=O)N2CCCC2)c2[nH]c(=O)n(Cc3ccccc3)c(=O)c21. The molecule has 0 radical (unpaired) electrons. The van der Waals surface area contributed by atoms with E-state index in [0.29, 0.717) is 29.7 Å². The summed E-state index contributed by atoms with van der Waals surface area (Å²) in [5.41, 5.74) is 1.00. The Morgan fingerprint density at radius 1 is 1.12 bits per heavy atom. The van der Waals surface area contributed by atoms with Gasteiger partial charge in [0.2, 0.25) is 0 Å². The Labute approximate surface area is 149 Å². The van der Waals surface area contributed by atoms with Crippen molar-refractivity contribution in [3.63, 3.8) is 0 Å². The van der Waals surface area contributed by atoms with Crippen molar-refractivity contribution in [1.29, 1.82) is 0 Å². The van der Waals surface area contributed by atoms with E-state index in [0.717, 1.165) is 18.4 Å². The summed E-state index contributed by atoms with van der Waals surface area (Å²) in [5, 5.41) is 0. The average molecular weight is 352 g/mol. The minimum absolute atomic E-state index is 0.135. The van der Waals surface area contributed by atoms with E-state index in [1.54, 1.807) is 22.7 Å². The van der Waals surface area contributed by atoms with Crippen LogP contribution in [0, 0.1) is 0 Å². The minimum atomic E-state index is -0.506. The number of benzene rings is 1. The molecule has 1 aromatic carbocycles. The second kappa shape index (κ2) is 6.33. The molecule has 1 amide bonds. The minimum Gasteiger partial charge on any atom is -0.344 e. The van der Waals surface area contributed by atoms with Crippen molar-refractivity contribution in [2.75, 3.05) is 13.1 Å². The van der Waals surface area contributed by atoms with E-state index in [4.69, 9.17) is 0 Å². The van der Waals surface area contributed by atoms with Crippen molar-refractivity contribution in [2.24, 2.45) is 7.05 Å². The molecule has 1 saturated heterocycles. The van der Waals surface area contributed by atoms with Crippen molar-refractivity contribution in [2.45, 2.75) is 19.4 Å². The lowest BCUT2D eigenvalue weighted by Gasteiger charge is -2.14. The number of fused-ring (bicyclic) bond motifs is 1. The number of aromatic nitrogens is 3. The molecule has 4 rings (SSSR count). The summed E-state index contributed by atoms with van der Waals surface area (Å²) in [6, 6.07) is 9.34. The molecule has 3 heterocycles. The standard InChI is InChI=1S/C19H20N4O3/c1-21-12-14(17(24)22-9-5-6-10-22)15-16(21)18(25)23(19(26)20-15)11-13-7-3-2-4-8-13/h2-4,7-8,12H,5-6,9-11H2,1H3,(H,20,26). The maximum atomic E-state index is 12.9. The van der Waals surface area contributed by atoms with E-state index in [9.17, 15) is 14.4 Å². The monoisotopic (exact) mass is 352 g/mol. The molecule has 0 atom stereocenters. The summed E-state index contributed by atoms with van der Waals surface area (Å²) in [7, 11) is 1.72. The summed E-state index contributed by atoms with van der Waals surface area (Å²) < 4.78 is 2.79. The summed E-state index contributed by atoms with van der Waals surface area (Å²) in [4.78, 5) is 42.7.